The molecule has 4 aromatic rings. The minimum atomic E-state index is -0.707. The van der Waals surface area contributed by atoms with E-state index in [2.05, 4.69) is 10.6 Å². The second-order valence-electron chi connectivity index (χ2n) is 12.0. The minimum absolute atomic E-state index is 0.296. The molecule has 0 atom stereocenters. The molecule has 4 aromatic carbocycles. The Labute approximate surface area is 276 Å². The molecule has 2 aliphatic rings. The Hall–Kier alpha value is -5.86. The highest BCUT2D eigenvalue weighted by atomic mass is 16.2. The van der Waals surface area contributed by atoms with Crippen LogP contribution in [0.25, 0.3) is 21.5 Å². The van der Waals surface area contributed by atoms with Crippen LogP contribution in [0.5, 0.6) is 0 Å². The van der Waals surface area contributed by atoms with E-state index in [-0.39, 0.29) is 23.6 Å². The number of likely N-dealkylation sites (N-methyl/N-ethyl adjacent to an activating group) is 2. The first-order valence-corrected chi connectivity index (χ1v) is 15.0. The highest BCUT2D eigenvalue weighted by molar-refractivity contribution is 6.27. The monoisotopic (exact) mass is 652 g/mol. The van der Waals surface area contributed by atoms with Gasteiger partial charge in [-0.15, -0.1) is 0 Å². The number of nitrogens with two attached hydrogens (primary N) is 2. The number of hydrogen-bond donors (Lipinski definition) is 4. The van der Waals surface area contributed by atoms with E-state index in [0.29, 0.717) is 81.4 Å². The molecule has 0 aromatic heterocycles. The van der Waals surface area contributed by atoms with E-state index in [1.807, 2.05) is 38.0 Å². The van der Waals surface area contributed by atoms with Gasteiger partial charge in [0.1, 0.15) is 0 Å². The summed E-state index contributed by atoms with van der Waals surface area (Å²) in [5.74, 6) is -1.32. The van der Waals surface area contributed by atoms with Gasteiger partial charge in [0.15, 0.2) is 0 Å². The van der Waals surface area contributed by atoms with Crippen LogP contribution < -0.4 is 22.1 Å². The van der Waals surface area contributed by atoms with Gasteiger partial charge in [-0.3, -0.25) is 29.0 Å². The molecule has 2 aliphatic heterocycles. The van der Waals surface area contributed by atoms with E-state index in [1.165, 1.54) is 9.80 Å². The third-order valence-electron chi connectivity index (χ3n) is 7.93. The van der Waals surface area contributed by atoms with Gasteiger partial charge in [-0.25, -0.2) is 9.59 Å². The number of imide groups is 2. The lowest BCUT2D eigenvalue weighted by Gasteiger charge is -2.28. The molecule has 48 heavy (non-hydrogen) atoms. The number of anilines is 2. The predicted octanol–water partition coefficient (Wildman–Crippen LogP) is 2.98. The molecule has 0 aliphatic carbocycles. The number of nitrogens with zero attached hydrogens (tertiary/aromatic N) is 4. The smallest absolute Gasteiger partial charge is 0.316 e. The van der Waals surface area contributed by atoms with Crippen LogP contribution in [0.2, 0.25) is 0 Å². The molecule has 0 bridgehead atoms. The number of rotatable bonds is 8. The van der Waals surface area contributed by atoms with Gasteiger partial charge in [-0.2, -0.15) is 0 Å². The summed E-state index contributed by atoms with van der Waals surface area (Å²) in [7, 11) is 7.51. The second-order valence-corrected chi connectivity index (χ2v) is 12.0. The maximum atomic E-state index is 12.8. The lowest BCUT2D eigenvalue weighted by atomic mass is 9.93. The Morgan fingerprint density at radius 1 is 0.583 bits per heavy atom. The molecular formula is C34H36N8O6. The van der Waals surface area contributed by atoms with Crippen molar-refractivity contribution in [2.45, 2.75) is 0 Å². The van der Waals surface area contributed by atoms with E-state index >= 15 is 0 Å². The fourth-order valence-corrected chi connectivity index (χ4v) is 5.75. The predicted molar refractivity (Wildman–Crippen MR) is 182 cm³/mol. The average Bonchev–Trinajstić information content (AvgIpc) is 3.01. The van der Waals surface area contributed by atoms with Crippen LogP contribution in [0.15, 0.2) is 60.7 Å². The fraction of sp³-hybridized carbons (Fsp3) is 0.235. The lowest BCUT2D eigenvalue weighted by molar-refractivity contribution is 0.0585. The van der Waals surface area contributed by atoms with Crippen molar-refractivity contribution in [2.75, 3.05) is 65.0 Å². The van der Waals surface area contributed by atoms with Gasteiger partial charge < -0.3 is 31.9 Å². The third kappa shape index (κ3) is 6.65. The first-order chi connectivity index (χ1) is 22.8. The van der Waals surface area contributed by atoms with E-state index in [0.717, 1.165) is 0 Å². The molecule has 14 heteroatoms. The van der Waals surface area contributed by atoms with Gasteiger partial charge in [-0.1, -0.05) is 24.3 Å². The summed E-state index contributed by atoms with van der Waals surface area (Å²) in [5.41, 5.74) is 13.0. The summed E-state index contributed by atoms with van der Waals surface area (Å²) in [5, 5.41) is 7.62. The summed E-state index contributed by atoms with van der Waals surface area (Å²) in [4.78, 5) is 79.5. The Balaban J connectivity index is 0.000000188. The van der Waals surface area contributed by atoms with Crippen molar-refractivity contribution in [3.05, 3.63) is 82.9 Å². The van der Waals surface area contributed by atoms with Crippen LogP contribution in [0.4, 0.5) is 21.0 Å². The molecule has 0 saturated carbocycles. The summed E-state index contributed by atoms with van der Waals surface area (Å²) < 4.78 is 0. The minimum Gasteiger partial charge on any atom is -0.351 e. The zero-order valence-corrected chi connectivity index (χ0v) is 27.0. The standard InChI is InChI=1S/2C17H18N4O3/c2*1-20(2)6-7-21-15(22)12-5-3-4-10-8-11(19-17(18)24)9-13(14(10)12)16(21)23/h2*3-5,8-9H,6-7H2,1-2H3,(H3,18,19,24). The molecule has 2 heterocycles. The topological polar surface area (TPSA) is 191 Å². The van der Waals surface area contributed by atoms with Gasteiger partial charge in [0.25, 0.3) is 23.6 Å². The van der Waals surface area contributed by atoms with E-state index < -0.39 is 12.1 Å². The van der Waals surface area contributed by atoms with Crippen molar-refractivity contribution in [3.8, 4) is 0 Å². The van der Waals surface area contributed by atoms with Gasteiger partial charge in [0.2, 0.25) is 0 Å². The normalized spacial score (nSPS) is 13.7. The summed E-state index contributed by atoms with van der Waals surface area (Å²) in [6.45, 7) is 1.74. The van der Waals surface area contributed by atoms with Crippen LogP contribution in [0.3, 0.4) is 0 Å². The Kier molecular flexibility index (Phi) is 9.40. The summed E-state index contributed by atoms with van der Waals surface area (Å²) in [6.07, 6.45) is 0. The van der Waals surface area contributed by atoms with Crippen LogP contribution in [0, 0.1) is 0 Å². The number of primary amides is 2. The zero-order valence-electron chi connectivity index (χ0n) is 27.0. The zero-order chi connectivity index (χ0) is 34.9. The summed E-state index contributed by atoms with van der Waals surface area (Å²) >= 11 is 0. The highest BCUT2D eigenvalue weighted by Crippen LogP contribution is 2.34. The van der Waals surface area contributed by atoms with Crippen molar-refractivity contribution < 1.29 is 28.8 Å². The van der Waals surface area contributed by atoms with Crippen molar-refractivity contribution in [1.29, 1.82) is 0 Å². The van der Waals surface area contributed by atoms with Crippen molar-refractivity contribution in [1.82, 2.24) is 19.6 Å². The number of carbonyl (C=O) groups excluding carboxylic acids is 6. The van der Waals surface area contributed by atoms with Crippen molar-refractivity contribution in [3.63, 3.8) is 0 Å². The third-order valence-corrected chi connectivity index (χ3v) is 7.93. The Morgan fingerprint density at radius 2 is 0.938 bits per heavy atom. The molecule has 0 fully saturated rings. The molecule has 8 amide bonds. The fourth-order valence-electron chi connectivity index (χ4n) is 5.75. The van der Waals surface area contributed by atoms with Crippen LogP contribution in [-0.2, 0) is 0 Å². The number of urea groups is 2. The van der Waals surface area contributed by atoms with Gasteiger partial charge in [0, 0.05) is 59.5 Å². The van der Waals surface area contributed by atoms with Gasteiger partial charge in [-0.05, 0) is 75.4 Å². The molecular weight excluding hydrogens is 616 g/mol. The number of carbonyl (C=O) groups is 6. The number of benzene rings is 4. The van der Waals surface area contributed by atoms with Crippen molar-refractivity contribution in [2.24, 2.45) is 11.5 Å². The quantitative estimate of drug-likeness (QED) is 0.209. The number of amides is 8. The van der Waals surface area contributed by atoms with Crippen LogP contribution in [-0.4, -0.2) is 110 Å². The van der Waals surface area contributed by atoms with E-state index in [1.54, 1.807) is 60.7 Å². The average molecular weight is 653 g/mol. The lowest BCUT2D eigenvalue weighted by Crippen LogP contribution is -2.43. The highest BCUT2D eigenvalue weighted by Gasteiger charge is 2.34. The van der Waals surface area contributed by atoms with Crippen molar-refractivity contribution >= 4 is 68.6 Å². The van der Waals surface area contributed by atoms with E-state index in [9.17, 15) is 28.8 Å². The van der Waals surface area contributed by atoms with Crippen LogP contribution >= 0.6 is 0 Å². The van der Waals surface area contributed by atoms with E-state index in [4.69, 9.17) is 11.5 Å². The Morgan fingerprint density at radius 3 is 1.27 bits per heavy atom. The SMILES string of the molecule is CN(C)CCN1C(=O)c2cccc3cc(NC(N)=O)cc(c23)C1=O.CN(C)CCN1C(=O)c2cccc3cc(NC(N)=O)cc(c23)C1=O. The first kappa shape index (κ1) is 33.5. The molecule has 6 N–H and O–H groups in total. The second kappa shape index (κ2) is 13.5. The maximum Gasteiger partial charge on any atom is 0.316 e. The van der Waals surface area contributed by atoms with Gasteiger partial charge >= 0.3 is 12.1 Å². The molecule has 0 unspecified atom stereocenters. The van der Waals surface area contributed by atoms with Gasteiger partial charge in [0.05, 0.1) is 11.1 Å². The molecule has 0 radical (unpaired) electrons. The molecule has 0 saturated heterocycles. The molecule has 0 spiro atoms. The molecule has 6 rings (SSSR count). The summed E-state index contributed by atoms with van der Waals surface area (Å²) in [6, 6.07) is 15.6. The Bertz CT molecular complexity index is 1860. The van der Waals surface area contributed by atoms with Crippen LogP contribution in [0.1, 0.15) is 41.4 Å². The maximum absolute atomic E-state index is 12.8. The number of nitrogens with one attached hydrogen (secondary N) is 2. The largest absolute Gasteiger partial charge is 0.351 e. The molecule has 14 nitrogen and oxygen atoms in total. The number of hydrogen-bond acceptors (Lipinski definition) is 8. The first-order valence-electron chi connectivity index (χ1n) is 15.0. The molecule has 248 valence electrons.